The van der Waals surface area contributed by atoms with Crippen molar-refractivity contribution >= 4 is 38.3 Å². The van der Waals surface area contributed by atoms with Crippen LogP contribution in [0.25, 0.3) is 10.8 Å². The van der Waals surface area contributed by atoms with Gasteiger partial charge in [-0.15, -0.1) is 0 Å². The molecular formula is C18H21NO6S. The number of Topliss-reactive ketones (excluding diaryl/α,β-unsaturated/α-hetero) is 1. The van der Waals surface area contributed by atoms with Crippen LogP contribution in [0, 0.1) is 5.92 Å². The van der Waals surface area contributed by atoms with E-state index in [-0.39, 0.29) is 28.2 Å². The van der Waals surface area contributed by atoms with Crippen LogP contribution >= 0.6 is 0 Å². The van der Waals surface area contributed by atoms with Gasteiger partial charge in [-0.1, -0.05) is 24.3 Å². The van der Waals surface area contributed by atoms with Gasteiger partial charge in [0.2, 0.25) is 5.91 Å². The van der Waals surface area contributed by atoms with Crippen LogP contribution in [0.1, 0.15) is 20.3 Å². The molecule has 0 saturated heterocycles. The maximum atomic E-state index is 12.4. The highest BCUT2D eigenvalue weighted by Gasteiger charge is 2.25. The molecule has 2 atom stereocenters. The lowest BCUT2D eigenvalue weighted by atomic mass is 9.95. The third-order valence-electron chi connectivity index (χ3n) is 4.28. The smallest absolute Gasteiger partial charge is 0.295 e. The molecule has 0 radical (unpaired) electrons. The topological polar surface area (TPSA) is 110 Å². The third kappa shape index (κ3) is 4.46. The molecule has 140 valence electrons. The molecule has 26 heavy (non-hydrogen) atoms. The van der Waals surface area contributed by atoms with E-state index in [0.29, 0.717) is 5.39 Å². The fourth-order valence-electron chi connectivity index (χ4n) is 2.83. The molecule has 7 nitrogen and oxygen atoms in total. The molecule has 0 bridgehead atoms. The van der Waals surface area contributed by atoms with Crippen LogP contribution in [0.2, 0.25) is 0 Å². The highest BCUT2D eigenvalue weighted by Crippen LogP contribution is 2.30. The molecule has 2 rings (SSSR count). The Labute approximate surface area is 152 Å². The molecule has 1 amide bonds. The van der Waals surface area contributed by atoms with Gasteiger partial charge in [-0.3, -0.25) is 14.1 Å². The van der Waals surface area contributed by atoms with Gasteiger partial charge in [0, 0.05) is 24.6 Å². The first kappa shape index (κ1) is 20.0. The fraction of sp³-hybridized carbons (Fsp3) is 0.333. The van der Waals surface area contributed by atoms with Crippen molar-refractivity contribution < 1.29 is 27.3 Å². The second kappa shape index (κ2) is 7.94. The molecule has 2 unspecified atom stereocenters. The predicted molar refractivity (Wildman–Crippen MR) is 97.7 cm³/mol. The van der Waals surface area contributed by atoms with Gasteiger partial charge in [-0.25, -0.2) is 0 Å². The zero-order valence-corrected chi connectivity index (χ0v) is 15.5. The molecular weight excluding hydrogens is 358 g/mol. The summed E-state index contributed by atoms with van der Waals surface area (Å²) in [6.07, 6.45) is -0.534. The van der Waals surface area contributed by atoms with Crippen LogP contribution in [0.15, 0.2) is 41.3 Å². The highest BCUT2D eigenvalue weighted by atomic mass is 32.2. The van der Waals surface area contributed by atoms with Crippen molar-refractivity contribution in [2.75, 3.05) is 12.4 Å². The number of nitrogens with one attached hydrogen (secondary N) is 1. The normalized spacial score (nSPS) is 14.0. The van der Waals surface area contributed by atoms with E-state index in [1.54, 1.807) is 25.1 Å². The summed E-state index contributed by atoms with van der Waals surface area (Å²) in [5, 5.41) is 3.40. The Kier molecular flexibility index (Phi) is 6.12. The molecule has 0 aromatic heterocycles. The summed E-state index contributed by atoms with van der Waals surface area (Å²) < 4.78 is 37.9. The van der Waals surface area contributed by atoms with Crippen LogP contribution in [0.4, 0.5) is 5.69 Å². The summed E-state index contributed by atoms with van der Waals surface area (Å²) >= 11 is 0. The van der Waals surface area contributed by atoms with E-state index >= 15 is 0 Å². The number of carbonyl (C=O) groups is 2. The van der Waals surface area contributed by atoms with Crippen molar-refractivity contribution in [3.05, 3.63) is 36.4 Å². The molecule has 0 aliphatic heterocycles. The minimum absolute atomic E-state index is 0.102. The number of rotatable bonds is 7. The molecule has 0 saturated carbocycles. The quantitative estimate of drug-likeness (QED) is 0.716. The summed E-state index contributed by atoms with van der Waals surface area (Å²) in [5.41, 5.74) is 0.244. The van der Waals surface area contributed by atoms with Crippen molar-refractivity contribution in [1.82, 2.24) is 0 Å². The van der Waals surface area contributed by atoms with E-state index in [1.165, 1.54) is 32.2 Å². The van der Waals surface area contributed by atoms with E-state index in [0.717, 1.165) is 0 Å². The highest BCUT2D eigenvalue weighted by molar-refractivity contribution is 7.86. The van der Waals surface area contributed by atoms with Gasteiger partial charge in [0.15, 0.2) is 0 Å². The Balaban J connectivity index is 2.39. The van der Waals surface area contributed by atoms with Crippen LogP contribution in [-0.4, -0.2) is 37.9 Å². The number of carbonyl (C=O) groups excluding carboxylic acids is 2. The maximum Gasteiger partial charge on any atom is 0.295 e. The van der Waals surface area contributed by atoms with E-state index in [2.05, 4.69) is 5.32 Å². The molecule has 0 aliphatic carbocycles. The van der Waals surface area contributed by atoms with E-state index in [9.17, 15) is 22.6 Å². The maximum absolute atomic E-state index is 12.4. The fourth-order valence-corrected chi connectivity index (χ4v) is 3.57. The first-order valence-electron chi connectivity index (χ1n) is 7.97. The molecule has 2 N–H and O–H groups in total. The first-order chi connectivity index (χ1) is 12.1. The molecule has 0 spiro atoms. The summed E-state index contributed by atoms with van der Waals surface area (Å²) in [6, 6.07) is 9.31. The largest absolute Gasteiger partial charge is 0.381 e. The Bertz CT molecular complexity index is 933. The number of hydrogen-bond donors (Lipinski definition) is 2. The average molecular weight is 379 g/mol. The van der Waals surface area contributed by atoms with Gasteiger partial charge >= 0.3 is 0 Å². The molecule has 8 heteroatoms. The van der Waals surface area contributed by atoms with Crippen molar-refractivity contribution in [3.63, 3.8) is 0 Å². The monoisotopic (exact) mass is 379 g/mol. The molecule has 2 aromatic carbocycles. The summed E-state index contributed by atoms with van der Waals surface area (Å²) in [5.74, 6) is -1.24. The number of hydrogen-bond acceptors (Lipinski definition) is 5. The number of ether oxygens (including phenoxy) is 1. The van der Waals surface area contributed by atoms with Crippen LogP contribution in [0.3, 0.4) is 0 Å². The Morgan fingerprint density at radius 1 is 1.19 bits per heavy atom. The summed E-state index contributed by atoms with van der Waals surface area (Å²) in [6.45, 7) is 3.09. The number of benzene rings is 2. The molecule has 0 heterocycles. The minimum atomic E-state index is -4.47. The van der Waals surface area contributed by atoms with Gasteiger partial charge in [-0.2, -0.15) is 8.42 Å². The lowest BCUT2D eigenvalue weighted by Crippen LogP contribution is -2.30. The van der Waals surface area contributed by atoms with E-state index in [1.807, 2.05) is 0 Å². The molecule has 2 aromatic rings. The molecule has 0 aliphatic rings. The number of amides is 1. The van der Waals surface area contributed by atoms with E-state index in [4.69, 9.17) is 4.74 Å². The second-order valence-electron chi connectivity index (χ2n) is 6.05. The van der Waals surface area contributed by atoms with Gasteiger partial charge in [-0.05, 0) is 31.4 Å². The second-order valence-corrected chi connectivity index (χ2v) is 7.44. The van der Waals surface area contributed by atoms with E-state index < -0.39 is 28.0 Å². The van der Waals surface area contributed by atoms with Crippen molar-refractivity contribution in [2.24, 2.45) is 5.92 Å². The van der Waals surface area contributed by atoms with Gasteiger partial charge in [0.1, 0.15) is 10.7 Å². The average Bonchev–Trinajstić information content (AvgIpc) is 2.57. The minimum Gasteiger partial charge on any atom is -0.381 e. The lowest BCUT2D eigenvalue weighted by molar-refractivity contribution is -0.129. The van der Waals surface area contributed by atoms with Gasteiger partial charge in [0.05, 0.1) is 12.0 Å². The van der Waals surface area contributed by atoms with Crippen LogP contribution in [0.5, 0.6) is 0 Å². The SMILES string of the molecule is COC(C)C(CC(=O)Nc1cccc2cccc(S(=O)(=O)O)c12)C(C)=O. The lowest BCUT2D eigenvalue weighted by Gasteiger charge is -2.20. The van der Waals surface area contributed by atoms with Crippen LogP contribution in [-0.2, 0) is 24.4 Å². The summed E-state index contributed by atoms with van der Waals surface area (Å²) in [7, 11) is -3.01. The Morgan fingerprint density at radius 3 is 2.35 bits per heavy atom. The first-order valence-corrected chi connectivity index (χ1v) is 9.41. The van der Waals surface area contributed by atoms with Crippen molar-refractivity contribution in [3.8, 4) is 0 Å². The standard InChI is InChI=1S/C18H21NO6S/c1-11(20)14(12(2)25-3)10-17(21)19-15-8-4-6-13-7-5-9-16(18(13)15)26(22,23)24/h4-9,12,14H,10H2,1-3H3,(H,19,21)(H,22,23,24). The number of fused-ring (bicyclic) bond motifs is 1. The zero-order valence-electron chi connectivity index (χ0n) is 14.7. The van der Waals surface area contributed by atoms with Gasteiger partial charge in [0.25, 0.3) is 10.1 Å². The number of ketones is 1. The van der Waals surface area contributed by atoms with Gasteiger partial charge < -0.3 is 10.1 Å². The number of anilines is 1. The third-order valence-corrected chi connectivity index (χ3v) is 5.18. The molecule has 0 fully saturated rings. The number of methoxy groups -OCH3 is 1. The summed E-state index contributed by atoms with van der Waals surface area (Å²) in [4.78, 5) is 23.9. The Morgan fingerprint density at radius 2 is 1.81 bits per heavy atom. The van der Waals surface area contributed by atoms with Crippen molar-refractivity contribution in [1.29, 1.82) is 0 Å². The van der Waals surface area contributed by atoms with Crippen LogP contribution < -0.4 is 5.32 Å². The van der Waals surface area contributed by atoms with Crippen molar-refractivity contribution in [2.45, 2.75) is 31.3 Å². The Hall–Kier alpha value is -2.29. The predicted octanol–water partition coefficient (Wildman–Crippen LogP) is 2.66. The zero-order chi connectivity index (χ0) is 19.5.